The largest absolute Gasteiger partial charge is 0.294 e. The fourth-order valence-corrected chi connectivity index (χ4v) is 3.10. The topological polar surface area (TPSA) is 17.1 Å². The van der Waals surface area contributed by atoms with Crippen LogP contribution in [0.3, 0.4) is 0 Å². The van der Waals surface area contributed by atoms with Crippen molar-refractivity contribution in [3.8, 4) is 0 Å². The summed E-state index contributed by atoms with van der Waals surface area (Å²) in [4.78, 5) is 12.7. The van der Waals surface area contributed by atoms with E-state index in [0.717, 1.165) is 31.2 Å². The second-order valence-corrected chi connectivity index (χ2v) is 5.63. The van der Waals surface area contributed by atoms with Crippen LogP contribution >= 0.6 is 0 Å². The minimum atomic E-state index is 0.150. The standard InChI is InChI=1S/C19H20O/c1-2-14-6-5-9-17(12-14)19(20)18-11-10-15-7-3-4-8-16(15)13-18/h3-9,12,18H,2,10-11,13H2,1H3. The molecule has 0 saturated heterocycles. The Morgan fingerprint density at radius 3 is 2.70 bits per heavy atom. The lowest BCUT2D eigenvalue weighted by Gasteiger charge is -2.23. The van der Waals surface area contributed by atoms with Crippen LogP contribution in [-0.2, 0) is 19.3 Å². The first-order valence-electron chi connectivity index (χ1n) is 7.48. The number of benzene rings is 2. The highest BCUT2D eigenvalue weighted by atomic mass is 16.1. The van der Waals surface area contributed by atoms with Crippen molar-refractivity contribution in [2.75, 3.05) is 0 Å². The molecule has 0 aromatic heterocycles. The summed E-state index contributed by atoms with van der Waals surface area (Å²) in [6, 6.07) is 16.6. The van der Waals surface area contributed by atoms with Crippen molar-refractivity contribution in [1.29, 1.82) is 0 Å². The van der Waals surface area contributed by atoms with Gasteiger partial charge in [-0.3, -0.25) is 4.79 Å². The van der Waals surface area contributed by atoms with Crippen molar-refractivity contribution < 1.29 is 4.79 Å². The third-order valence-electron chi connectivity index (χ3n) is 4.34. The van der Waals surface area contributed by atoms with E-state index in [2.05, 4.69) is 43.3 Å². The minimum Gasteiger partial charge on any atom is -0.294 e. The van der Waals surface area contributed by atoms with Gasteiger partial charge >= 0.3 is 0 Å². The summed E-state index contributed by atoms with van der Waals surface area (Å²) in [5.41, 5.74) is 4.89. The average molecular weight is 264 g/mol. The summed E-state index contributed by atoms with van der Waals surface area (Å²) in [7, 11) is 0. The van der Waals surface area contributed by atoms with Crippen molar-refractivity contribution in [1.82, 2.24) is 0 Å². The molecule has 102 valence electrons. The van der Waals surface area contributed by atoms with Crippen molar-refractivity contribution in [3.63, 3.8) is 0 Å². The van der Waals surface area contributed by atoms with Gasteiger partial charge in [-0.2, -0.15) is 0 Å². The lowest BCUT2D eigenvalue weighted by Crippen LogP contribution is -2.22. The lowest BCUT2D eigenvalue weighted by molar-refractivity contribution is 0.0908. The fourth-order valence-electron chi connectivity index (χ4n) is 3.10. The van der Waals surface area contributed by atoms with E-state index in [1.165, 1.54) is 16.7 Å². The fraction of sp³-hybridized carbons (Fsp3) is 0.316. The lowest BCUT2D eigenvalue weighted by atomic mass is 9.80. The number of hydrogen-bond acceptors (Lipinski definition) is 1. The van der Waals surface area contributed by atoms with Crippen molar-refractivity contribution in [3.05, 3.63) is 70.8 Å². The van der Waals surface area contributed by atoms with Crippen LogP contribution < -0.4 is 0 Å². The van der Waals surface area contributed by atoms with Crippen molar-refractivity contribution >= 4 is 5.78 Å². The van der Waals surface area contributed by atoms with Gasteiger partial charge < -0.3 is 0 Å². The van der Waals surface area contributed by atoms with Gasteiger partial charge in [0.05, 0.1) is 0 Å². The van der Waals surface area contributed by atoms with Gasteiger partial charge in [-0.05, 0) is 48.4 Å². The summed E-state index contributed by atoms with van der Waals surface area (Å²) >= 11 is 0. The maximum absolute atomic E-state index is 12.7. The molecule has 0 radical (unpaired) electrons. The predicted molar refractivity (Wildman–Crippen MR) is 82.1 cm³/mol. The quantitative estimate of drug-likeness (QED) is 0.758. The van der Waals surface area contributed by atoms with Crippen LogP contribution in [0.4, 0.5) is 0 Å². The summed E-state index contributed by atoms with van der Waals surface area (Å²) < 4.78 is 0. The van der Waals surface area contributed by atoms with Gasteiger partial charge in [0.25, 0.3) is 0 Å². The molecular formula is C19H20O. The molecule has 20 heavy (non-hydrogen) atoms. The molecule has 1 aliphatic rings. The van der Waals surface area contributed by atoms with E-state index < -0.39 is 0 Å². The number of fused-ring (bicyclic) bond motifs is 1. The molecule has 0 fully saturated rings. The zero-order valence-corrected chi connectivity index (χ0v) is 11.9. The average Bonchev–Trinajstić information content (AvgIpc) is 2.53. The van der Waals surface area contributed by atoms with Crippen LogP contribution in [0.1, 0.15) is 40.4 Å². The van der Waals surface area contributed by atoms with E-state index in [-0.39, 0.29) is 5.92 Å². The van der Waals surface area contributed by atoms with Gasteiger partial charge in [0.1, 0.15) is 0 Å². The highest BCUT2D eigenvalue weighted by Gasteiger charge is 2.25. The van der Waals surface area contributed by atoms with Crippen molar-refractivity contribution in [2.24, 2.45) is 5.92 Å². The molecule has 1 unspecified atom stereocenters. The van der Waals surface area contributed by atoms with E-state index in [1.807, 2.05) is 12.1 Å². The highest BCUT2D eigenvalue weighted by molar-refractivity contribution is 5.98. The van der Waals surface area contributed by atoms with Gasteiger partial charge in [0.2, 0.25) is 0 Å². The van der Waals surface area contributed by atoms with Crippen LogP contribution in [0.25, 0.3) is 0 Å². The Kier molecular flexibility index (Phi) is 3.68. The number of rotatable bonds is 3. The molecule has 1 heteroatoms. The molecule has 0 amide bonds. The van der Waals surface area contributed by atoms with E-state index in [0.29, 0.717) is 5.78 Å². The van der Waals surface area contributed by atoms with E-state index >= 15 is 0 Å². The molecule has 0 N–H and O–H groups in total. The third-order valence-corrected chi connectivity index (χ3v) is 4.34. The molecule has 0 aliphatic heterocycles. The summed E-state index contributed by atoms with van der Waals surface area (Å²) in [6.07, 6.45) is 3.88. The molecule has 2 aromatic rings. The second kappa shape index (κ2) is 5.62. The molecular weight excluding hydrogens is 244 g/mol. The van der Waals surface area contributed by atoms with E-state index in [4.69, 9.17) is 0 Å². The molecule has 0 heterocycles. The van der Waals surface area contributed by atoms with Crippen molar-refractivity contribution in [2.45, 2.75) is 32.6 Å². The van der Waals surface area contributed by atoms with Gasteiger partial charge in [0, 0.05) is 11.5 Å². The number of hydrogen-bond donors (Lipinski definition) is 0. The Labute approximate surface area is 120 Å². The zero-order chi connectivity index (χ0) is 13.9. The molecule has 0 saturated carbocycles. The Hall–Kier alpha value is -1.89. The highest BCUT2D eigenvalue weighted by Crippen LogP contribution is 2.28. The van der Waals surface area contributed by atoms with Crippen LogP contribution in [0.5, 0.6) is 0 Å². The minimum absolute atomic E-state index is 0.150. The maximum atomic E-state index is 12.7. The van der Waals surface area contributed by atoms with Gasteiger partial charge in [-0.15, -0.1) is 0 Å². The molecule has 0 bridgehead atoms. The molecule has 3 rings (SSSR count). The predicted octanol–water partition coefficient (Wildman–Crippen LogP) is 4.24. The first-order chi connectivity index (χ1) is 9.78. The maximum Gasteiger partial charge on any atom is 0.166 e. The Morgan fingerprint density at radius 1 is 1.10 bits per heavy atom. The summed E-state index contributed by atoms with van der Waals surface area (Å²) in [5, 5.41) is 0. The number of ketones is 1. The number of aryl methyl sites for hydroxylation is 2. The van der Waals surface area contributed by atoms with Crippen LogP contribution in [0.2, 0.25) is 0 Å². The molecule has 1 nitrogen and oxygen atoms in total. The first kappa shape index (κ1) is 13.1. The summed E-state index contributed by atoms with van der Waals surface area (Å²) in [5.74, 6) is 0.465. The smallest absolute Gasteiger partial charge is 0.166 e. The number of carbonyl (C=O) groups excluding carboxylic acids is 1. The summed E-state index contributed by atoms with van der Waals surface area (Å²) in [6.45, 7) is 2.13. The Bertz CT molecular complexity index is 627. The van der Waals surface area contributed by atoms with Gasteiger partial charge in [0.15, 0.2) is 5.78 Å². The van der Waals surface area contributed by atoms with Crippen LogP contribution in [-0.4, -0.2) is 5.78 Å². The SMILES string of the molecule is CCc1cccc(C(=O)C2CCc3ccccc3C2)c1. The number of Topliss-reactive ketones (excluding diaryl/α,β-unsaturated/α-hetero) is 1. The second-order valence-electron chi connectivity index (χ2n) is 5.63. The normalized spacial score (nSPS) is 17.6. The number of carbonyl (C=O) groups is 1. The molecule has 0 spiro atoms. The van der Waals surface area contributed by atoms with E-state index in [9.17, 15) is 4.79 Å². The third kappa shape index (κ3) is 2.53. The first-order valence-corrected chi connectivity index (χ1v) is 7.48. The van der Waals surface area contributed by atoms with Crippen LogP contribution in [0, 0.1) is 5.92 Å². The van der Waals surface area contributed by atoms with Gasteiger partial charge in [-0.25, -0.2) is 0 Å². The molecule has 2 aromatic carbocycles. The molecule has 1 aliphatic carbocycles. The zero-order valence-electron chi connectivity index (χ0n) is 11.9. The van der Waals surface area contributed by atoms with Gasteiger partial charge in [-0.1, -0.05) is 49.4 Å². The monoisotopic (exact) mass is 264 g/mol. The Balaban J connectivity index is 1.82. The van der Waals surface area contributed by atoms with E-state index in [1.54, 1.807) is 0 Å². The molecule has 1 atom stereocenters. The Morgan fingerprint density at radius 2 is 1.90 bits per heavy atom. The van der Waals surface area contributed by atoms with Crippen LogP contribution in [0.15, 0.2) is 48.5 Å².